The van der Waals surface area contributed by atoms with Crippen molar-refractivity contribution in [1.82, 2.24) is 0 Å². The molecule has 0 aliphatic heterocycles. The van der Waals surface area contributed by atoms with E-state index in [-0.39, 0.29) is 4.90 Å². The summed E-state index contributed by atoms with van der Waals surface area (Å²) >= 11 is 0. The summed E-state index contributed by atoms with van der Waals surface area (Å²) in [4.78, 5) is 0.180. The normalized spacial score (nSPS) is 11.6. The van der Waals surface area contributed by atoms with Gasteiger partial charge in [0.2, 0.25) is 0 Å². The molecule has 0 heterocycles. The van der Waals surface area contributed by atoms with Gasteiger partial charge in [-0.25, -0.2) is 0 Å². The minimum atomic E-state index is -3.64. The van der Waals surface area contributed by atoms with Gasteiger partial charge in [0.15, 0.2) is 0 Å². The number of sulfonamides is 1. The molecule has 0 bridgehead atoms. The van der Waals surface area contributed by atoms with Gasteiger partial charge in [-0.15, -0.1) is 0 Å². The lowest BCUT2D eigenvalue weighted by Crippen LogP contribution is -1.97. The van der Waals surface area contributed by atoms with Gasteiger partial charge in [-0.1, -0.05) is 18.2 Å². The molecular weight excluding hydrogens is 262 g/mol. The average molecular weight is 275 g/mol. The Morgan fingerprint density at radius 3 is 2.21 bits per heavy atom. The van der Waals surface area contributed by atoms with Gasteiger partial charge in [-0.2, -0.15) is 12.8 Å². The molecule has 0 spiro atoms. The first kappa shape index (κ1) is 13.3. The van der Waals surface area contributed by atoms with Crippen LogP contribution in [0.2, 0.25) is 0 Å². The van der Waals surface area contributed by atoms with Crippen molar-refractivity contribution >= 4 is 16.2 Å². The zero-order chi connectivity index (χ0) is 13.7. The molecule has 0 aliphatic rings. The van der Waals surface area contributed by atoms with Crippen LogP contribution in [0.15, 0.2) is 63.9 Å². The highest BCUT2D eigenvalue weighted by atomic mass is 32.2. The molecule has 2 aromatic rings. The molecule has 4 nitrogen and oxygen atoms in total. The van der Waals surface area contributed by atoms with Crippen LogP contribution in [0.1, 0.15) is 5.56 Å². The van der Waals surface area contributed by atoms with E-state index in [2.05, 4.69) is 4.40 Å². The third-order valence-electron chi connectivity index (χ3n) is 2.50. The number of methoxy groups -OCH3 is 1. The van der Waals surface area contributed by atoms with Gasteiger partial charge in [0.1, 0.15) is 5.75 Å². The van der Waals surface area contributed by atoms with E-state index < -0.39 is 10.0 Å². The van der Waals surface area contributed by atoms with Crippen LogP contribution < -0.4 is 4.74 Å². The van der Waals surface area contributed by atoms with Crippen LogP contribution in [0.3, 0.4) is 0 Å². The Hall–Kier alpha value is -2.14. The van der Waals surface area contributed by atoms with Crippen LogP contribution in [0.5, 0.6) is 5.75 Å². The van der Waals surface area contributed by atoms with E-state index in [1.54, 1.807) is 49.6 Å². The zero-order valence-corrected chi connectivity index (χ0v) is 11.2. The molecule has 0 N–H and O–H groups in total. The largest absolute Gasteiger partial charge is 0.497 e. The first-order chi connectivity index (χ1) is 9.12. The van der Waals surface area contributed by atoms with Gasteiger partial charge < -0.3 is 4.74 Å². The van der Waals surface area contributed by atoms with Crippen molar-refractivity contribution in [2.24, 2.45) is 4.40 Å². The summed E-state index contributed by atoms with van der Waals surface area (Å²) in [6.07, 6.45) is 1.32. The van der Waals surface area contributed by atoms with E-state index >= 15 is 0 Å². The molecular formula is C14H13NO3S. The molecule has 2 aromatic carbocycles. The molecule has 0 amide bonds. The predicted octanol–water partition coefficient (Wildman–Crippen LogP) is 2.50. The number of nitrogens with zero attached hydrogens (tertiary/aromatic N) is 1. The number of ether oxygens (including phenoxy) is 1. The molecule has 2 rings (SSSR count). The van der Waals surface area contributed by atoms with Crippen molar-refractivity contribution in [3.8, 4) is 5.75 Å². The van der Waals surface area contributed by atoms with Gasteiger partial charge in [-0.05, 0) is 42.0 Å². The summed E-state index contributed by atoms with van der Waals surface area (Å²) in [5.41, 5.74) is 0.695. The molecule has 0 unspecified atom stereocenters. The van der Waals surface area contributed by atoms with E-state index in [0.717, 1.165) is 0 Å². The lowest BCUT2D eigenvalue weighted by atomic mass is 10.2. The van der Waals surface area contributed by atoms with E-state index in [4.69, 9.17) is 4.74 Å². The summed E-state index contributed by atoms with van der Waals surface area (Å²) in [5, 5.41) is 0. The molecule has 0 saturated heterocycles. The van der Waals surface area contributed by atoms with Crippen molar-refractivity contribution in [2.75, 3.05) is 7.11 Å². The van der Waals surface area contributed by atoms with Crippen LogP contribution in [-0.2, 0) is 10.0 Å². The van der Waals surface area contributed by atoms with Gasteiger partial charge >= 0.3 is 0 Å². The Balaban J connectivity index is 2.22. The van der Waals surface area contributed by atoms with Gasteiger partial charge in [0.05, 0.1) is 12.0 Å². The number of hydrogen-bond acceptors (Lipinski definition) is 3. The van der Waals surface area contributed by atoms with Crippen molar-refractivity contribution in [3.05, 3.63) is 60.2 Å². The molecule has 0 aromatic heterocycles. The van der Waals surface area contributed by atoms with E-state index in [9.17, 15) is 8.42 Å². The zero-order valence-electron chi connectivity index (χ0n) is 10.4. The molecule has 0 saturated carbocycles. The quantitative estimate of drug-likeness (QED) is 0.806. The van der Waals surface area contributed by atoms with Crippen molar-refractivity contribution in [1.29, 1.82) is 0 Å². The van der Waals surface area contributed by atoms with Crippen molar-refractivity contribution < 1.29 is 13.2 Å². The third-order valence-corrected chi connectivity index (χ3v) is 3.75. The van der Waals surface area contributed by atoms with Crippen LogP contribution in [-0.4, -0.2) is 21.7 Å². The Morgan fingerprint density at radius 2 is 1.63 bits per heavy atom. The van der Waals surface area contributed by atoms with E-state index in [0.29, 0.717) is 11.3 Å². The van der Waals surface area contributed by atoms with E-state index in [1.807, 2.05) is 0 Å². The second-order valence-electron chi connectivity index (χ2n) is 3.80. The first-order valence-corrected chi connectivity index (χ1v) is 7.05. The molecule has 0 aliphatic carbocycles. The first-order valence-electron chi connectivity index (χ1n) is 5.61. The number of hydrogen-bond donors (Lipinski definition) is 0. The van der Waals surface area contributed by atoms with Crippen LogP contribution >= 0.6 is 0 Å². The number of rotatable bonds is 4. The minimum Gasteiger partial charge on any atom is -0.497 e. The topological polar surface area (TPSA) is 55.7 Å². The maximum absolute atomic E-state index is 11.9. The van der Waals surface area contributed by atoms with Gasteiger partial charge in [0.25, 0.3) is 10.0 Å². The van der Waals surface area contributed by atoms with Crippen molar-refractivity contribution in [3.63, 3.8) is 0 Å². The smallest absolute Gasteiger partial charge is 0.282 e. The van der Waals surface area contributed by atoms with E-state index in [1.165, 1.54) is 18.3 Å². The van der Waals surface area contributed by atoms with Gasteiger partial charge in [-0.3, -0.25) is 0 Å². The fraction of sp³-hybridized carbons (Fsp3) is 0.0714. The maximum atomic E-state index is 11.9. The van der Waals surface area contributed by atoms with Gasteiger partial charge in [0, 0.05) is 6.21 Å². The Kier molecular flexibility index (Phi) is 3.97. The highest BCUT2D eigenvalue weighted by Gasteiger charge is 2.09. The second-order valence-corrected chi connectivity index (χ2v) is 5.43. The fourth-order valence-electron chi connectivity index (χ4n) is 1.47. The monoisotopic (exact) mass is 275 g/mol. The predicted molar refractivity (Wildman–Crippen MR) is 74.2 cm³/mol. The maximum Gasteiger partial charge on any atom is 0.282 e. The highest BCUT2D eigenvalue weighted by molar-refractivity contribution is 7.90. The second kappa shape index (κ2) is 5.67. The molecule has 0 radical (unpaired) electrons. The minimum absolute atomic E-state index is 0.180. The molecule has 0 atom stereocenters. The highest BCUT2D eigenvalue weighted by Crippen LogP contribution is 2.13. The number of benzene rings is 2. The third kappa shape index (κ3) is 3.42. The summed E-state index contributed by atoms with van der Waals surface area (Å²) in [6.45, 7) is 0. The lowest BCUT2D eigenvalue weighted by molar-refractivity contribution is 0.415. The Labute approximate surface area is 112 Å². The Morgan fingerprint density at radius 1 is 1.00 bits per heavy atom. The summed E-state index contributed by atoms with van der Waals surface area (Å²) in [5.74, 6) is 0.711. The molecule has 0 fully saturated rings. The Bertz CT molecular complexity index is 662. The van der Waals surface area contributed by atoms with Crippen LogP contribution in [0.4, 0.5) is 0 Å². The average Bonchev–Trinajstić information content (AvgIpc) is 2.47. The molecule has 98 valence electrons. The standard InChI is InChI=1S/C14H13NO3S/c1-18-13-9-7-12(8-10-13)11-15-19(16,17)14-5-3-2-4-6-14/h2-11H,1H3/b15-11-. The lowest BCUT2D eigenvalue weighted by Gasteiger charge is -1.99. The summed E-state index contributed by atoms with van der Waals surface area (Å²) < 4.78 is 32.5. The fourth-order valence-corrected chi connectivity index (χ4v) is 2.36. The van der Waals surface area contributed by atoms with Crippen LogP contribution in [0, 0.1) is 0 Å². The molecule has 5 heteroatoms. The van der Waals surface area contributed by atoms with Crippen molar-refractivity contribution in [2.45, 2.75) is 4.90 Å². The molecule has 19 heavy (non-hydrogen) atoms. The summed E-state index contributed by atoms with van der Waals surface area (Å²) in [7, 11) is -2.06. The SMILES string of the molecule is COc1ccc(/C=N\S(=O)(=O)c2ccccc2)cc1. The summed E-state index contributed by atoms with van der Waals surface area (Å²) in [6, 6.07) is 15.1. The van der Waals surface area contributed by atoms with Crippen LogP contribution in [0.25, 0.3) is 0 Å².